The van der Waals surface area contributed by atoms with Crippen LogP contribution >= 0.6 is 0 Å². The summed E-state index contributed by atoms with van der Waals surface area (Å²) in [6.45, 7) is 1.01. The Morgan fingerprint density at radius 1 is 1.04 bits per heavy atom. The third-order valence-corrected chi connectivity index (χ3v) is 4.29. The maximum Gasteiger partial charge on any atom is 0.416 e. The van der Waals surface area contributed by atoms with Crippen LogP contribution in [0.3, 0.4) is 0 Å². The van der Waals surface area contributed by atoms with Gasteiger partial charge in [0.25, 0.3) is 0 Å². The molecule has 2 aromatic rings. The van der Waals surface area contributed by atoms with Crippen LogP contribution in [-0.4, -0.2) is 12.6 Å². The summed E-state index contributed by atoms with van der Waals surface area (Å²) in [5, 5.41) is 3.44. The van der Waals surface area contributed by atoms with Crippen molar-refractivity contribution in [2.24, 2.45) is 0 Å². The molecule has 1 aliphatic heterocycles. The lowest BCUT2D eigenvalue weighted by molar-refractivity contribution is -0.137. The van der Waals surface area contributed by atoms with Crippen LogP contribution in [-0.2, 0) is 6.18 Å². The molecule has 2 nitrogen and oxygen atoms in total. The van der Waals surface area contributed by atoms with Gasteiger partial charge in [-0.25, -0.2) is 0 Å². The fourth-order valence-corrected chi connectivity index (χ4v) is 3.02. The lowest BCUT2D eigenvalue weighted by Crippen LogP contribution is -2.25. The number of halogens is 3. The van der Waals surface area contributed by atoms with Crippen LogP contribution in [0.5, 0.6) is 5.75 Å². The number of hydrogen-bond donors (Lipinski definition) is 1. The SMILES string of the molecule is FC(F)(F)c1ccc(OC(CC2CCCN2)c2ccccc2)cc1. The van der Waals surface area contributed by atoms with Crippen molar-refractivity contribution in [3.8, 4) is 5.75 Å². The van der Waals surface area contributed by atoms with Crippen molar-refractivity contribution in [3.63, 3.8) is 0 Å². The van der Waals surface area contributed by atoms with E-state index < -0.39 is 11.7 Å². The molecule has 0 aromatic heterocycles. The highest BCUT2D eigenvalue weighted by atomic mass is 19.4. The van der Waals surface area contributed by atoms with Gasteiger partial charge in [-0.1, -0.05) is 30.3 Å². The van der Waals surface area contributed by atoms with E-state index in [9.17, 15) is 13.2 Å². The standard InChI is InChI=1S/C19H20F3NO/c20-19(21,22)15-8-10-17(11-9-15)24-18(13-16-7-4-12-23-16)14-5-2-1-3-6-14/h1-3,5-6,8-11,16,18,23H,4,7,12-13H2. The minimum atomic E-state index is -4.33. The van der Waals surface area contributed by atoms with E-state index in [4.69, 9.17) is 4.74 Å². The number of rotatable bonds is 5. The highest BCUT2D eigenvalue weighted by Gasteiger charge is 2.30. The molecule has 2 atom stereocenters. The predicted octanol–water partition coefficient (Wildman–Crippen LogP) is 4.97. The Labute approximate surface area is 139 Å². The second-order valence-corrected chi connectivity index (χ2v) is 6.07. The minimum Gasteiger partial charge on any atom is -0.486 e. The monoisotopic (exact) mass is 335 g/mol. The molecule has 0 bridgehead atoms. The van der Waals surface area contributed by atoms with Gasteiger partial charge in [-0.15, -0.1) is 0 Å². The van der Waals surface area contributed by atoms with E-state index in [2.05, 4.69) is 5.32 Å². The molecule has 0 aliphatic carbocycles. The van der Waals surface area contributed by atoms with E-state index >= 15 is 0 Å². The molecule has 1 N–H and O–H groups in total. The topological polar surface area (TPSA) is 21.3 Å². The average molecular weight is 335 g/mol. The molecule has 24 heavy (non-hydrogen) atoms. The molecule has 3 rings (SSSR count). The lowest BCUT2D eigenvalue weighted by atomic mass is 10.0. The summed E-state index contributed by atoms with van der Waals surface area (Å²) in [5.41, 5.74) is 0.370. The number of benzene rings is 2. The van der Waals surface area contributed by atoms with Crippen LogP contribution in [0.1, 0.15) is 36.5 Å². The summed E-state index contributed by atoms with van der Waals surface area (Å²) in [7, 11) is 0. The molecule has 0 radical (unpaired) electrons. The van der Waals surface area contributed by atoms with Crippen LogP contribution < -0.4 is 10.1 Å². The molecule has 1 fully saturated rings. The van der Waals surface area contributed by atoms with Gasteiger partial charge in [0.2, 0.25) is 0 Å². The number of ether oxygens (including phenoxy) is 1. The number of nitrogens with one attached hydrogen (secondary N) is 1. The molecule has 0 saturated carbocycles. The molecule has 1 heterocycles. The van der Waals surface area contributed by atoms with Gasteiger partial charge in [-0.2, -0.15) is 13.2 Å². The van der Waals surface area contributed by atoms with E-state index in [1.165, 1.54) is 12.1 Å². The van der Waals surface area contributed by atoms with Crippen molar-refractivity contribution in [1.29, 1.82) is 0 Å². The van der Waals surface area contributed by atoms with Crippen LogP contribution in [0.2, 0.25) is 0 Å². The molecule has 5 heteroatoms. The molecule has 0 spiro atoms. The zero-order chi connectivity index (χ0) is 17.0. The molecule has 1 aliphatic rings. The Hall–Kier alpha value is -2.01. The second kappa shape index (κ2) is 7.26. The fourth-order valence-electron chi connectivity index (χ4n) is 3.02. The molecule has 0 amide bonds. The Morgan fingerprint density at radius 2 is 1.75 bits per heavy atom. The maximum absolute atomic E-state index is 12.7. The summed E-state index contributed by atoms with van der Waals surface area (Å²) in [6, 6.07) is 15.1. The Balaban J connectivity index is 1.75. The van der Waals surface area contributed by atoms with Crippen LogP contribution in [0, 0.1) is 0 Å². The van der Waals surface area contributed by atoms with E-state index in [1.807, 2.05) is 30.3 Å². The number of hydrogen-bond acceptors (Lipinski definition) is 2. The van der Waals surface area contributed by atoms with Crippen molar-refractivity contribution < 1.29 is 17.9 Å². The van der Waals surface area contributed by atoms with Crippen LogP contribution in [0.25, 0.3) is 0 Å². The number of alkyl halides is 3. The van der Waals surface area contributed by atoms with Gasteiger partial charge in [-0.3, -0.25) is 0 Å². The third-order valence-electron chi connectivity index (χ3n) is 4.29. The average Bonchev–Trinajstić information content (AvgIpc) is 3.08. The summed E-state index contributed by atoms with van der Waals surface area (Å²) >= 11 is 0. The van der Waals surface area contributed by atoms with Gasteiger partial charge in [0, 0.05) is 12.5 Å². The smallest absolute Gasteiger partial charge is 0.416 e. The normalized spacial score (nSPS) is 19.2. The van der Waals surface area contributed by atoms with Gasteiger partial charge >= 0.3 is 6.18 Å². The van der Waals surface area contributed by atoms with E-state index in [1.54, 1.807) is 0 Å². The first-order valence-corrected chi connectivity index (χ1v) is 8.14. The first kappa shape index (κ1) is 16.8. The Morgan fingerprint density at radius 3 is 2.33 bits per heavy atom. The van der Waals surface area contributed by atoms with Crippen molar-refractivity contribution in [2.45, 2.75) is 37.6 Å². The van der Waals surface area contributed by atoms with E-state index in [-0.39, 0.29) is 6.10 Å². The zero-order valence-electron chi connectivity index (χ0n) is 13.2. The second-order valence-electron chi connectivity index (χ2n) is 6.07. The first-order valence-electron chi connectivity index (χ1n) is 8.14. The van der Waals surface area contributed by atoms with Gasteiger partial charge in [0.15, 0.2) is 0 Å². The highest BCUT2D eigenvalue weighted by Crippen LogP contribution is 2.32. The maximum atomic E-state index is 12.7. The van der Waals surface area contributed by atoms with Crippen molar-refractivity contribution in [1.82, 2.24) is 5.32 Å². The van der Waals surface area contributed by atoms with E-state index in [0.717, 1.165) is 43.5 Å². The summed E-state index contributed by atoms with van der Waals surface area (Å²) in [4.78, 5) is 0. The Kier molecular flexibility index (Phi) is 5.09. The van der Waals surface area contributed by atoms with Crippen LogP contribution in [0.15, 0.2) is 54.6 Å². The first-order chi connectivity index (χ1) is 11.5. The third kappa shape index (κ3) is 4.29. The van der Waals surface area contributed by atoms with Crippen molar-refractivity contribution in [3.05, 3.63) is 65.7 Å². The lowest BCUT2D eigenvalue weighted by Gasteiger charge is -2.23. The summed E-state index contributed by atoms with van der Waals surface area (Å²) in [6.07, 6.45) is -1.47. The fraction of sp³-hybridized carbons (Fsp3) is 0.368. The minimum absolute atomic E-state index is 0.182. The largest absolute Gasteiger partial charge is 0.486 e. The quantitative estimate of drug-likeness (QED) is 0.833. The van der Waals surface area contributed by atoms with Gasteiger partial charge in [0.05, 0.1) is 5.56 Å². The molecule has 1 saturated heterocycles. The highest BCUT2D eigenvalue weighted by molar-refractivity contribution is 5.30. The van der Waals surface area contributed by atoms with Gasteiger partial charge < -0.3 is 10.1 Å². The molecule has 128 valence electrons. The van der Waals surface area contributed by atoms with Gasteiger partial charge in [-0.05, 0) is 49.2 Å². The van der Waals surface area contributed by atoms with Gasteiger partial charge in [0.1, 0.15) is 11.9 Å². The summed E-state index contributed by atoms with van der Waals surface area (Å²) < 4.78 is 44.0. The molecule has 2 unspecified atom stereocenters. The van der Waals surface area contributed by atoms with Crippen molar-refractivity contribution >= 4 is 0 Å². The summed E-state index contributed by atoms with van der Waals surface area (Å²) in [5.74, 6) is 0.454. The van der Waals surface area contributed by atoms with E-state index in [0.29, 0.717) is 11.8 Å². The molecular formula is C19H20F3NO. The Bertz CT molecular complexity index is 634. The predicted molar refractivity (Wildman–Crippen MR) is 86.9 cm³/mol. The molecule has 2 aromatic carbocycles. The van der Waals surface area contributed by atoms with Crippen molar-refractivity contribution in [2.75, 3.05) is 6.54 Å². The zero-order valence-corrected chi connectivity index (χ0v) is 13.2. The molecular weight excluding hydrogens is 315 g/mol. The van der Waals surface area contributed by atoms with Crippen LogP contribution in [0.4, 0.5) is 13.2 Å².